The van der Waals surface area contributed by atoms with Crippen LogP contribution in [-0.4, -0.2) is 37.2 Å². The van der Waals surface area contributed by atoms with Crippen LogP contribution in [0.2, 0.25) is 0 Å². The third-order valence-corrected chi connectivity index (χ3v) is 2.62. The first-order valence-corrected chi connectivity index (χ1v) is 4.87. The molecule has 1 amide bonds. The molecular weight excluding hydrogens is 168 g/mol. The van der Waals surface area contributed by atoms with Gasteiger partial charge in [-0.25, -0.2) is 4.79 Å². The Kier molecular flexibility index (Phi) is 4.02. The van der Waals surface area contributed by atoms with Crippen LogP contribution in [-0.2, 0) is 4.74 Å². The normalized spacial score (nSPS) is 20.1. The summed E-state index contributed by atoms with van der Waals surface area (Å²) in [6, 6.07) is 0. The van der Waals surface area contributed by atoms with Gasteiger partial charge in [0, 0.05) is 0 Å². The van der Waals surface area contributed by atoms with Crippen LogP contribution < -0.4 is 5.73 Å². The summed E-state index contributed by atoms with van der Waals surface area (Å²) in [5.74, 6) is 0.510. The molecule has 1 aliphatic rings. The third kappa shape index (κ3) is 3.63. The van der Waals surface area contributed by atoms with Gasteiger partial charge in [-0.2, -0.15) is 0 Å². The fourth-order valence-electron chi connectivity index (χ4n) is 1.67. The van der Waals surface area contributed by atoms with Crippen molar-refractivity contribution in [2.24, 2.45) is 11.7 Å². The molecule has 1 aliphatic heterocycles. The van der Waals surface area contributed by atoms with E-state index >= 15 is 0 Å². The molecule has 2 N–H and O–H groups in total. The maximum Gasteiger partial charge on any atom is 0.404 e. The number of hydrogen-bond donors (Lipinski definition) is 1. The van der Waals surface area contributed by atoms with Gasteiger partial charge in [-0.15, -0.1) is 0 Å². The first kappa shape index (κ1) is 10.3. The molecule has 0 aliphatic carbocycles. The van der Waals surface area contributed by atoms with E-state index in [1.165, 1.54) is 0 Å². The van der Waals surface area contributed by atoms with E-state index in [1.807, 2.05) is 0 Å². The highest BCUT2D eigenvalue weighted by Gasteiger charge is 2.18. The quantitative estimate of drug-likeness (QED) is 0.709. The number of amides is 1. The molecule has 0 aromatic heterocycles. The van der Waals surface area contributed by atoms with Crippen molar-refractivity contribution in [1.29, 1.82) is 0 Å². The first-order chi connectivity index (χ1) is 6.22. The Morgan fingerprint density at radius 3 is 2.62 bits per heavy atom. The summed E-state index contributed by atoms with van der Waals surface area (Å²) < 4.78 is 4.77. The molecule has 0 saturated carbocycles. The van der Waals surface area contributed by atoms with Crippen LogP contribution >= 0.6 is 0 Å². The molecule has 0 atom stereocenters. The van der Waals surface area contributed by atoms with Crippen molar-refractivity contribution < 1.29 is 9.53 Å². The molecule has 0 spiro atoms. The monoisotopic (exact) mass is 186 g/mol. The number of rotatable bonds is 3. The van der Waals surface area contributed by atoms with Crippen LogP contribution in [0.25, 0.3) is 0 Å². The summed E-state index contributed by atoms with van der Waals surface area (Å²) >= 11 is 0. The fraction of sp³-hybridized carbons (Fsp3) is 0.889. The van der Waals surface area contributed by atoms with Gasteiger partial charge in [0.2, 0.25) is 0 Å². The van der Waals surface area contributed by atoms with Gasteiger partial charge in [0.05, 0.1) is 6.61 Å². The molecule has 0 aromatic rings. The van der Waals surface area contributed by atoms with Crippen LogP contribution in [0.1, 0.15) is 19.8 Å². The minimum atomic E-state index is -0.655. The Morgan fingerprint density at radius 1 is 1.54 bits per heavy atom. The molecular formula is C9H18N2O2. The Bertz CT molecular complexity index is 165. The molecule has 0 bridgehead atoms. The number of likely N-dealkylation sites (tertiary alicyclic amines) is 1. The Morgan fingerprint density at radius 2 is 2.15 bits per heavy atom. The number of piperidine rings is 1. The van der Waals surface area contributed by atoms with Crippen molar-refractivity contribution in [1.82, 2.24) is 4.90 Å². The highest BCUT2D eigenvalue weighted by atomic mass is 16.5. The minimum absolute atomic E-state index is 0.493. The van der Waals surface area contributed by atoms with E-state index < -0.39 is 6.09 Å². The molecule has 4 nitrogen and oxygen atoms in total. The van der Waals surface area contributed by atoms with Crippen molar-refractivity contribution in [3.8, 4) is 0 Å². The van der Waals surface area contributed by atoms with Crippen molar-refractivity contribution in [3.63, 3.8) is 0 Å². The topological polar surface area (TPSA) is 55.6 Å². The molecule has 0 aromatic carbocycles. The maximum atomic E-state index is 10.4. The number of nitrogens with two attached hydrogens (primary N) is 1. The average molecular weight is 186 g/mol. The van der Waals surface area contributed by atoms with Gasteiger partial charge in [0.25, 0.3) is 0 Å². The summed E-state index contributed by atoms with van der Waals surface area (Å²) in [7, 11) is 0. The van der Waals surface area contributed by atoms with E-state index in [2.05, 4.69) is 11.8 Å². The standard InChI is InChI=1S/C9H18N2O2/c1-2-11-5-3-8(4-6-11)7-13-9(10)12/h8H,2-7H2,1H3,(H2,10,12). The molecule has 0 unspecified atom stereocenters. The largest absolute Gasteiger partial charge is 0.449 e. The predicted octanol–water partition coefficient (Wildman–Crippen LogP) is 0.814. The van der Waals surface area contributed by atoms with Gasteiger partial charge in [-0.3, -0.25) is 0 Å². The lowest BCUT2D eigenvalue weighted by Crippen LogP contribution is -2.35. The van der Waals surface area contributed by atoms with Crippen molar-refractivity contribution in [2.75, 3.05) is 26.2 Å². The van der Waals surface area contributed by atoms with Crippen molar-refractivity contribution in [3.05, 3.63) is 0 Å². The maximum absolute atomic E-state index is 10.4. The summed E-state index contributed by atoms with van der Waals surface area (Å²) in [6.45, 7) is 6.00. The highest BCUT2D eigenvalue weighted by Crippen LogP contribution is 2.16. The molecule has 1 saturated heterocycles. The molecule has 1 rings (SSSR count). The van der Waals surface area contributed by atoms with Gasteiger partial charge in [0.15, 0.2) is 0 Å². The third-order valence-electron chi connectivity index (χ3n) is 2.62. The molecule has 76 valence electrons. The number of hydrogen-bond acceptors (Lipinski definition) is 3. The Hall–Kier alpha value is -0.770. The fourth-order valence-corrected chi connectivity index (χ4v) is 1.67. The molecule has 13 heavy (non-hydrogen) atoms. The lowest BCUT2D eigenvalue weighted by atomic mass is 9.98. The highest BCUT2D eigenvalue weighted by molar-refractivity contribution is 5.64. The van der Waals surface area contributed by atoms with Crippen LogP contribution in [0.5, 0.6) is 0 Å². The zero-order valence-corrected chi connectivity index (χ0v) is 8.16. The molecule has 0 radical (unpaired) electrons. The number of ether oxygens (including phenoxy) is 1. The SMILES string of the molecule is CCN1CCC(COC(N)=O)CC1. The van der Waals surface area contributed by atoms with Gasteiger partial charge >= 0.3 is 6.09 Å². The van der Waals surface area contributed by atoms with Gasteiger partial charge in [-0.1, -0.05) is 6.92 Å². The van der Waals surface area contributed by atoms with E-state index in [0.29, 0.717) is 12.5 Å². The summed E-state index contributed by atoms with van der Waals surface area (Å²) in [5.41, 5.74) is 4.89. The minimum Gasteiger partial charge on any atom is -0.449 e. The lowest BCUT2D eigenvalue weighted by Gasteiger charge is -2.30. The van der Waals surface area contributed by atoms with Crippen LogP contribution in [0.4, 0.5) is 4.79 Å². The Balaban J connectivity index is 2.14. The van der Waals surface area contributed by atoms with Crippen molar-refractivity contribution in [2.45, 2.75) is 19.8 Å². The van der Waals surface area contributed by atoms with E-state index in [-0.39, 0.29) is 0 Å². The molecule has 1 fully saturated rings. The number of nitrogens with zero attached hydrogens (tertiary/aromatic N) is 1. The Labute approximate surface area is 79.0 Å². The van der Waals surface area contributed by atoms with Crippen LogP contribution in [0.3, 0.4) is 0 Å². The zero-order valence-electron chi connectivity index (χ0n) is 8.16. The number of carbonyl (C=O) groups excluding carboxylic acids is 1. The van der Waals surface area contributed by atoms with Crippen LogP contribution in [0, 0.1) is 5.92 Å². The average Bonchev–Trinajstić information content (AvgIpc) is 2.15. The lowest BCUT2D eigenvalue weighted by molar-refractivity contribution is 0.104. The first-order valence-electron chi connectivity index (χ1n) is 4.87. The van der Waals surface area contributed by atoms with E-state index in [1.54, 1.807) is 0 Å². The van der Waals surface area contributed by atoms with Crippen LogP contribution in [0.15, 0.2) is 0 Å². The van der Waals surface area contributed by atoms with Gasteiger partial charge < -0.3 is 15.4 Å². The second-order valence-electron chi connectivity index (χ2n) is 3.51. The van der Waals surface area contributed by atoms with Gasteiger partial charge in [-0.05, 0) is 38.4 Å². The number of primary amides is 1. The summed E-state index contributed by atoms with van der Waals surface area (Å²) in [4.78, 5) is 12.8. The zero-order chi connectivity index (χ0) is 9.68. The summed E-state index contributed by atoms with van der Waals surface area (Å²) in [5, 5.41) is 0. The van der Waals surface area contributed by atoms with E-state index in [9.17, 15) is 4.79 Å². The number of carbonyl (C=O) groups is 1. The second kappa shape index (κ2) is 5.07. The molecule has 1 heterocycles. The van der Waals surface area contributed by atoms with Gasteiger partial charge in [0.1, 0.15) is 0 Å². The van der Waals surface area contributed by atoms with E-state index in [4.69, 9.17) is 10.5 Å². The predicted molar refractivity (Wildman–Crippen MR) is 50.4 cm³/mol. The second-order valence-corrected chi connectivity index (χ2v) is 3.51. The smallest absolute Gasteiger partial charge is 0.404 e. The molecule has 4 heteroatoms. The summed E-state index contributed by atoms with van der Waals surface area (Å²) in [6.07, 6.45) is 1.57. The van der Waals surface area contributed by atoms with E-state index in [0.717, 1.165) is 32.5 Å². The van der Waals surface area contributed by atoms with Crippen molar-refractivity contribution >= 4 is 6.09 Å².